The fourth-order valence-electron chi connectivity index (χ4n) is 2.31. The third-order valence-electron chi connectivity index (χ3n) is 3.35. The Morgan fingerprint density at radius 3 is 2.71 bits per heavy atom. The molecule has 0 aliphatic carbocycles. The van der Waals surface area contributed by atoms with Crippen LogP contribution in [0.5, 0.6) is 5.88 Å². The molecular formula is C18H18N2O. The van der Waals surface area contributed by atoms with Crippen LogP contribution in [0.25, 0.3) is 10.8 Å². The lowest BCUT2D eigenvalue weighted by atomic mass is 10.1. The van der Waals surface area contributed by atoms with Crippen molar-refractivity contribution in [2.75, 3.05) is 11.9 Å². The number of fused-ring (bicyclic) bond motifs is 1. The summed E-state index contributed by atoms with van der Waals surface area (Å²) in [5, 5.41) is 5.62. The predicted octanol–water partition coefficient (Wildman–Crippen LogP) is 4.25. The molecule has 0 atom stereocenters. The van der Waals surface area contributed by atoms with Gasteiger partial charge in [0, 0.05) is 23.8 Å². The molecule has 1 aromatic heterocycles. The standard InChI is InChI=1S/C18H18N2O/c1-2-21-18-17-9-8-16(12-15(17)10-11-19-18)20-13-14-6-4-3-5-7-14/h3-12,20H,2,13H2,1H3. The third kappa shape index (κ3) is 3.14. The van der Waals surface area contributed by atoms with Crippen molar-refractivity contribution in [1.29, 1.82) is 0 Å². The summed E-state index contributed by atoms with van der Waals surface area (Å²) in [5.74, 6) is 0.699. The smallest absolute Gasteiger partial charge is 0.221 e. The summed E-state index contributed by atoms with van der Waals surface area (Å²) in [5.41, 5.74) is 2.36. The van der Waals surface area contributed by atoms with Crippen LogP contribution in [-0.4, -0.2) is 11.6 Å². The van der Waals surface area contributed by atoms with Crippen LogP contribution in [-0.2, 0) is 6.54 Å². The number of anilines is 1. The first-order valence-corrected chi connectivity index (χ1v) is 7.16. The van der Waals surface area contributed by atoms with E-state index in [4.69, 9.17) is 4.74 Å². The molecule has 0 aliphatic rings. The number of ether oxygens (including phenoxy) is 1. The van der Waals surface area contributed by atoms with Crippen LogP contribution in [0.15, 0.2) is 60.8 Å². The number of pyridine rings is 1. The van der Waals surface area contributed by atoms with E-state index in [2.05, 4.69) is 52.8 Å². The summed E-state index contributed by atoms with van der Waals surface area (Å²) in [6.45, 7) is 3.41. The maximum absolute atomic E-state index is 5.56. The molecule has 3 rings (SSSR count). The van der Waals surface area contributed by atoms with E-state index in [1.54, 1.807) is 6.20 Å². The molecule has 1 heterocycles. The summed E-state index contributed by atoms with van der Waals surface area (Å²) in [7, 11) is 0. The van der Waals surface area contributed by atoms with E-state index in [0.29, 0.717) is 12.5 Å². The Morgan fingerprint density at radius 1 is 1.05 bits per heavy atom. The zero-order valence-electron chi connectivity index (χ0n) is 12.0. The van der Waals surface area contributed by atoms with Gasteiger partial charge in [0.05, 0.1) is 6.61 Å². The van der Waals surface area contributed by atoms with Gasteiger partial charge in [0.25, 0.3) is 0 Å². The lowest BCUT2D eigenvalue weighted by molar-refractivity contribution is 0.331. The van der Waals surface area contributed by atoms with Gasteiger partial charge in [-0.05, 0) is 42.1 Å². The number of hydrogen-bond donors (Lipinski definition) is 1. The van der Waals surface area contributed by atoms with Crippen molar-refractivity contribution in [3.63, 3.8) is 0 Å². The molecule has 0 fully saturated rings. The molecular weight excluding hydrogens is 260 g/mol. The highest BCUT2D eigenvalue weighted by atomic mass is 16.5. The van der Waals surface area contributed by atoms with Crippen molar-refractivity contribution in [3.8, 4) is 5.88 Å². The van der Waals surface area contributed by atoms with E-state index >= 15 is 0 Å². The number of hydrogen-bond acceptors (Lipinski definition) is 3. The van der Waals surface area contributed by atoms with Gasteiger partial charge in [-0.2, -0.15) is 0 Å². The maximum Gasteiger partial charge on any atom is 0.221 e. The lowest BCUT2D eigenvalue weighted by Gasteiger charge is -2.10. The molecule has 3 heteroatoms. The molecule has 3 nitrogen and oxygen atoms in total. The molecule has 21 heavy (non-hydrogen) atoms. The normalized spacial score (nSPS) is 10.5. The number of rotatable bonds is 5. The van der Waals surface area contributed by atoms with Crippen LogP contribution in [0.1, 0.15) is 12.5 Å². The van der Waals surface area contributed by atoms with Gasteiger partial charge in [-0.1, -0.05) is 30.3 Å². The SMILES string of the molecule is CCOc1nccc2cc(NCc3ccccc3)ccc12. The molecule has 0 amide bonds. The van der Waals surface area contributed by atoms with Crippen LogP contribution >= 0.6 is 0 Å². The van der Waals surface area contributed by atoms with E-state index in [0.717, 1.165) is 23.0 Å². The molecule has 0 bridgehead atoms. The van der Waals surface area contributed by atoms with Crippen molar-refractivity contribution < 1.29 is 4.74 Å². The van der Waals surface area contributed by atoms with Crippen LogP contribution in [0.3, 0.4) is 0 Å². The topological polar surface area (TPSA) is 34.1 Å². The van der Waals surface area contributed by atoms with E-state index < -0.39 is 0 Å². The molecule has 1 N–H and O–H groups in total. The number of aromatic nitrogens is 1. The van der Waals surface area contributed by atoms with E-state index in [1.807, 2.05) is 19.1 Å². The zero-order valence-corrected chi connectivity index (χ0v) is 12.0. The molecule has 0 unspecified atom stereocenters. The Balaban J connectivity index is 1.81. The van der Waals surface area contributed by atoms with Crippen molar-refractivity contribution in [2.45, 2.75) is 13.5 Å². The molecule has 0 saturated carbocycles. The zero-order chi connectivity index (χ0) is 14.5. The minimum atomic E-state index is 0.625. The molecule has 106 valence electrons. The summed E-state index contributed by atoms with van der Waals surface area (Å²) in [4.78, 5) is 4.28. The molecule has 0 spiro atoms. The molecule has 3 aromatic rings. The molecule has 0 aliphatic heterocycles. The largest absolute Gasteiger partial charge is 0.478 e. The van der Waals surface area contributed by atoms with Crippen LogP contribution in [0.4, 0.5) is 5.69 Å². The Morgan fingerprint density at radius 2 is 1.90 bits per heavy atom. The first-order valence-electron chi connectivity index (χ1n) is 7.16. The quantitative estimate of drug-likeness (QED) is 0.757. The van der Waals surface area contributed by atoms with Crippen LogP contribution in [0.2, 0.25) is 0 Å². The minimum absolute atomic E-state index is 0.625. The highest BCUT2D eigenvalue weighted by molar-refractivity contribution is 5.89. The van der Waals surface area contributed by atoms with Crippen molar-refractivity contribution in [1.82, 2.24) is 4.98 Å². The van der Waals surface area contributed by atoms with Gasteiger partial charge >= 0.3 is 0 Å². The lowest BCUT2D eigenvalue weighted by Crippen LogP contribution is -1.99. The van der Waals surface area contributed by atoms with E-state index in [1.165, 1.54) is 5.56 Å². The Bertz CT molecular complexity index is 726. The first kappa shape index (κ1) is 13.4. The molecule has 0 saturated heterocycles. The van der Waals surface area contributed by atoms with Crippen LogP contribution < -0.4 is 10.1 Å². The van der Waals surface area contributed by atoms with Gasteiger partial charge in [0.2, 0.25) is 5.88 Å². The second kappa shape index (κ2) is 6.27. The predicted molar refractivity (Wildman–Crippen MR) is 86.7 cm³/mol. The Labute approximate surface area is 124 Å². The second-order valence-corrected chi connectivity index (χ2v) is 4.82. The number of nitrogens with one attached hydrogen (secondary N) is 1. The van der Waals surface area contributed by atoms with Crippen molar-refractivity contribution >= 4 is 16.5 Å². The van der Waals surface area contributed by atoms with Gasteiger partial charge in [-0.25, -0.2) is 4.98 Å². The summed E-state index contributed by atoms with van der Waals surface area (Å²) < 4.78 is 5.56. The van der Waals surface area contributed by atoms with Crippen molar-refractivity contribution in [2.24, 2.45) is 0 Å². The Kier molecular flexibility index (Phi) is 4.01. The highest BCUT2D eigenvalue weighted by Gasteiger charge is 2.03. The fraction of sp³-hybridized carbons (Fsp3) is 0.167. The molecule has 2 aromatic carbocycles. The first-order chi connectivity index (χ1) is 10.4. The van der Waals surface area contributed by atoms with Gasteiger partial charge in [-0.15, -0.1) is 0 Å². The van der Waals surface area contributed by atoms with Crippen molar-refractivity contribution in [3.05, 3.63) is 66.4 Å². The average molecular weight is 278 g/mol. The van der Waals surface area contributed by atoms with Crippen LogP contribution in [0, 0.1) is 0 Å². The second-order valence-electron chi connectivity index (χ2n) is 4.82. The third-order valence-corrected chi connectivity index (χ3v) is 3.35. The van der Waals surface area contributed by atoms with Gasteiger partial charge in [0.15, 0.2) is 0 Å². The Hall–Kier alpha value is -2.55. The van der Waals surface area contributed by atoms with Gasteiger partial charge in [0.1, 0.15) is 0 Å². The molecule has 0 radical (unpaired) electrons. The maximum atomic E-state index is 5.56. The van der Waals surface area contributed by atoms with Gasteiger partial charge in [-0.3, -0.25) is 0 Å². The average Bonchev–Trinajstić information content (AvgIpc) is 2.54. The highest BCUT2D eigenvalue weighted by Crippen LogP contribution is 2.26. The summed E-state index contributed by atoms with van der Waals surface area (Å²) in [6, 6.07) is 18.6. The number of benzene rings is 2. The number of nitrogens with zero attached hydrogens (tertiary/aromatic N) is 1. The summed E-state index contributed by atoms with van der Waals surface area (Å²) >= 11 is 0. The monoisotopic (exact) mass is 278 g/mol. The van der Waals surface area contributed by atoms with E-state index in [-0.39, 0.29) is 0 Å². The van der Waals surface area contributed by atoms with Gasteiger partial charge < -0.3 is 10.1 Å². The van der Waals surface area contributed by atoms with E-state index in [9.17, 15) is 0 Å². The minimum Gasteiger partial charge on any atom is -0.478 e. The fourth-order valence-corrected chi connectivity index (χ4v) is 2.31. The summed E-state index contributed by atoms with van der Waals surface area (Å²) in [6.07, 6.45) is 1.79.